The minimum absolute atomic E-state index is 0.749. The smallest absolute Gasteiger partial charge is 0.0287 e. The average molecular weight is 423 g/mol. The number of hydrogen-bond acceptors (Lipinski definition) is 0. The standard InChI is InChI=1S/C31H50/c1-24(2)10-6-11-25(3)12-7-13-26(4)14-8-15-27(5)16-9-17-31-21-28-18-29(22-31)20-30(19-28)23-31/h10,12,14,16,28-30H,6-9,11,13,15,17-23H2,1-5H3/b25-12+,26-14+,27-16+. The number of allylic oxidation sites excluding steroid dienone is 8. The van der Waals surface area contributed by atoms with E-state index >= 15 is 0 Å². The van der Waals surface area contributed by atoms with E-state index in [2.05, 4.69) is 58.9 Å². The summed E-state index contributed by atoms with van der Waals surface area (Å²) < 4.78 is 0. The second kappa shape index (κ2) is 11.7. The van der Waals surface area contributed by atoms with Gasteiger partial charge in [0.25, 0.3) is 0 Å². The third kappa shape index (κ3) is 8.11. The second-order valence-corrected chi connectivity index (χ2v) is 12.0. The quantitative estimate of drug-likeness (QED) is 0.274. The fraction of sp³-hybridized carbons (Fsp3) is 0.742. The predicted molar refractivity (Wildman–Crippen MR) is 138 cm³/mol. The highest BCUT2D eigenvalue weighted by atomic mass is 14.5. The lowest BCUT2D eigenvalue weighted by molar-refractivity contribution is -0.0566. The van der Waals surface area contributed by atoms with Gasteiger partial charge in [0.2, 0.25) is 0 Å². The molecule has 0 saturated heterocycles. The van der Waals surface area contributed by atoms with Gasteiger partial charge in [0, 0.05) is 0 Å². The molecule has 4 fully saturated rings. The molecule has 4 rings (SSSR count). The van der Waals surface area contributed by atoms with E-state index in [1.807, 2.05) is 0 Å². The van der Waals surface area contributed by atoms with Gasteiger partial charge in [0.15, 0.2) is 0 Å². The van der Waals surface area contributed by atoms with Gasteiger partial charge in [-0.25, -0.2) is 0 Å². The van der Waals surface area contributed by atoms with Crippen molar-refractivity contribution in [3.63, 3.8) is 0 Å². The molecule has 0 spiro atoms. The monoisotopic (exact) mass is 422 g/mol. The first-order valence-corrected chi connectivity index (χ1v) is 13.4. The molecule has 174 valence electrons. The molecular formula is C31H50. The Morgan fingerprint density at radius 2 is 0.968 bits per heavy atom. The maximum atomic E-state index is 2.58. The van der Waals surface area contributed by atoms with Crippen molar-refractivity contribution in [2.45, 2.75) is 125 Å². The van der Waals surface area contributed by atoms with Crippen LogP contribution in [0.15, 0.2) is 46.6 Å². The molecule has 0 aliphatic heterocycles. The van der Waals surface area contributed by atoms with Gasteiger partial charge in [0.1, 0.15) is 0 Å². The summed E-state index contributed by atoms with van der Waals surface area (Å²) in [5.41, 5.74) is 6.91. The van der Waals surface area contributed by atoms with Crippen LogP contribution < -0.4 is 0 Å². The molecule has 0 heterocycles. The number of hydrogen-bond donors (Lipinski definition) is 0. The zero-order valence-electron chi connectivity index (χ0n) is 21.4. The first-order valence-electron chi connectivity index (χ1n) is 13.4. The molecule has 0 radical (unpaired) electrons. The molecule has 4 saturated carbocycles. The summed E-state index contributed by atoms with van der Waals surface area (Å²) in [5, 5.41) is 0. The Labute approximate surface area is 194 Å². The van der Waals surface area contributed by atoms with Crippen LogP contribution in [0.3, 0.4) is 0 Å². The van der Waals surface area contributed by atoms with Crippen LogP contribution in [0.2, 0.25) is 0 Å². The highest BCUT2D eigenvalue weighted by Crippen LogP contribution is 2.61. The van der Waals surface area contributed by atoms with Crippen LogP contribution in [-0.2, 0) is 0 Å². The Morgan fingerprint density at radius 1 is 0.581 bits per heavy atom. The van der Waals surface area contributed by atoms with Crippen LogP contribution in [0, 0.1) is 23.2 Å². The van der Waals surface area contributed by atoms with Gasteiger partial charge in [-0.15, -0.1) is 0 Å². The molecule has 4 bridgehead atoms. The van der Waals surface area contributed by atoms with Crippen molar-refractivity contribution >= 4 is 0 Å². The Bertz CT molecular complexity index is 656. The van der Waals surface area contributed by atoms with Gasteiger partial charge < -0.3 is 0 Å². The fourth-order valence-electron chi connectivity index (χ4n) is 7.21. The Hall–Kier alpha value is -1.04. The van der Waals surface area contributed by atoms with Gasteiger partial charge in [-0.3, -0.25) is 0 Å². The van der Waals surface area contributed by atoms with Crippen LogP contribution in [-0.4, -0.2) is 0 Å². The third-order valence-corrected chi connectivity index (χ3v) is 8.49. The second-order valence-electron chi connectivity index (χ2n) is 12.0. The van der Waals surface area contributed by atoms with Crippen LogP contribution >= 0.6 is 0 Å². The highest BCUT2D eigenvalue weighted by Gasteiger charge is 2.50. The Balaban J connectivity index is 1.31. The maximum absolute atomic E-state index is 2.58. The van der Waals surface area contributed by atoms with E-state index in [0.29, 0.717) is 0 Å². The molecule has 0 heteroatoms. The molecule has 0 aromatic heterocycles. The van der Waals surface area contributed by atoms with E-state index in [1.54, 1.807) is 55.2 Å². The lowest BCUT2D eigenvalue weighted by Crippen LogP contribution is -2.45. The summed E-state index contributed by atoms with van der Waals surface area (Å²) in [6.07, 6.45) is 29.4. The van der Waals surface area contributed by atoms with Crippen LogP contribution in [0.5, 0.6) is 0 Å². The molecule has 31 heavy (non-hydrogen) atoms. The van der Waals surface area contributed by atoms with Gasteiger partial charge in [-0.2, -0.15) is 0 Å². The summed E-state index contributed by atoms with van der Waals surface area (Å²) in [6.45, 7) is 11.3. The van der Waals surface area contributed by atoms with E-state index in [4.69, 9.17) is 0 Å². The van der Waals surface area contributed by atoms with Gasteiger partial charge in [-0.05, 0) is 148 Å². The fourth-order valence-corrected chi connectivity index (χ4v) is 7.21. The Kier molecular flexibility index (Phi) is 9.30. The zero-order valence-corrected chi connectivity index (χ0v) is 21.4. The first-order chi connectivity index (χ1) is 14.8. The van der Waals surface area contributed by atoms with Crippen molar-refractivity contribution in [1.29, 1.82) is 0 Å². The lowest BCUT2D eigenvalue weighted by atomic mass is 9.48. The van der Waals surface area contributed by atoms with E-state index in [0.717, 1.165) is 23.2 Å². The molecule has 0 aromatic rings. The van der Waals surface area contributed by atoms with Crippen LogP contribution in [0.4, 0.5) is 0 Å². The van der Waals surface area contributed by atoms with Gasteiger partial charge in [0.05, 0.1) is 0 Å². The van der Waals surface area contributed by atoms with Crippen molar-refractivity contribution in [3.05, 3.63) is 46.6 Å². The van der Waals surface area contributed by atoms with E-state index in [1.165, 1.54) is 56.9 Å². The summed E-state index contributed by atoms with van der Waals surface area (Å²) in [7, 11) is 0. The lowest BCUT2D eigenvalue weighted by Gasteiger charge is -2.57. The maximum Gasteiger partial charge on any atom is -0.0287 e. The summed E-state index contributed by atoms with van der Waals surface area (Å²) in [4.78, 5) is 0. The van der Waals surface area contributed by atoms with Crippen LogP contribution in [0.1, 0.15) is 125 Å². The summed E-state index contributed by atoms with van der Waals surface area (Å²) in [5.74, 6) is 3.29. The molecule has 0 unspecified atom stereocenters. The first kappa shape index (κ1) is 24.6. The SMILES string of the molecule is CC(C)=CCC/C(C)=C/CC/C(C)=C/CC/C(C)=C/CCC12CC3CC(CC(C3)C1)C2. The largest absolute Gasteiger partial charge is 0.0856 e. The molecule has 0 nitrogen and oxygen atoms in total. The van der Waals surface area contributed by atoms with E-state index in [9.17, 15) is 0 Å². The third-order valence-electron chi connectivity index (χ3n) is 8.49. The molecular weight excluding hydrogens is 372 g/mol. The topological polar surface area (TPSA) is 0 Å². The molecule has 4 aliphatic rings. The molecule has 0 atom stereocenters. The molecule has 0 N–H and O–H groups in total. The minimum atomic E-state index is 0.749. The zero-order chi connectivity index (χ0) is 22.3. The van der Waals surface area contributed by atoms with Crippen molar-refractivity contribution in [3.8, 4) is 0 Å². The van der Waals surface area contributed by atoms with Crippen molar-refractivity contribution in [2.75, 3.05) is 0 Å². The van der Waals surface area contributed by atoms with E-state index < -0.39 is 0 Å². The Morgan fingerprint density at radius 3 is 1.39 bits per heavy atom. The van der Waals surface area contributed by atoms with E-state index in [-0.39, 0.29) is 0 Å². The highest BCUT2D eigenvalue weighted by molar-refractivity contribution is 5.08. The molecule has 0 amide bonds. The normalized spacial score (nSPS) is 30.7. The van der Waals surface area contributed by atoms with Gasteiger partial charge in [-0.1, -0.05) is 46.6 Å². The minimum Gasteiger partial charge on any atom is -0.0856 e. The summed E-state index contributed by atoms with van der Waals surface area (Å²) in [6, 6.07) is 0. The van der Waals surface area contributed by atoms with Crippen molar-refractivity contribution in [1.82, 2.24) is 0 Å². The van der Waals surface area contributed by atoms with Crippen molar-refractivity contribution in [2.24, 2.45) is 23.2 Å². The number of rotatable bonds is 12. The van der Waals surface area contributed by atoms with Crippen LogP contribution in [0.25, 0.3) is 0 Å². The average Bonchev–Trinajstić information content (AvgIpc) is 2.66. The molecule has 4 aliphatic carbocycles. The van der Waals surface area contributed by atoms with Gasteiger partial charge >= 0.3 is 0 Å². The van der Waals surface area contributed by atoms with Crippen molar-refractivity contribution < 1.29 is 0 Å². The summed E-state index contributed by atoms with van der Waals surface area (Å²) >= 11 is 0. The molecule has 0 aromatic carbocycles. The predicted octanol–water partition coefficient (Wildman–Crippen LogP) is 10.1.